The third-order valence-corrected chi connectivity index (χ3v) is 13.7. The minimum atomic E-state index is -1.19. The van der Waals surface area contributed by atoms with Crippen LogP contribution in [0.1, 0.15) is 93.3 Å². The fourth-order valence-electron chi connectivity index (χ4n) is 8.06. The van der Waals surface area contributed by atoms with E-state index in [2.05, 4.69) is 51.8 Å². The Kier molecular flexibility index (Phi) is 64.5. The Hall–Kier alpha value is -5.32. The lowest BCUT2D eigenvalue weighted by molar-refractivity contribution is 0.00367. The van der Waals surface area contributed by atoms with Crippen molar-refractivity contribution in [2.75, 3.05) is 300 Å². The topological polar surface area (TPSA) is 502 Å². The van der Waals surface area contributed by atoms with E-state index in [1.165, 1.54) is 0 Å². The van der Waals surface area contributed by atoms with E-state index in [0.29, 0.717) is 237 Å². The highest BCUT2D eigenvalue weighted by Crippen LogP contribution is 2.23. The number of methoxy groups -OCH3 is 4. The number of hydrogen-bond donors (Lipinski definition) is 14. The average molecular weight is 1500 g/mol. The molecule has 0 bridgehead atoms. The van der Waals surface area contributed by atoms with Crippen molar-refractivity contribution in [2.24, 2.45) is 0 Å². The Morgan fingerprint density at radius 2 is 0.500 bits per heavy atom. The Bertz CT molecular complexity index is 2090. The lowest BCUT2D eigenvalue weighted by atomic mass is 10.1. The van der Waals surface area contributed by atoms with E-state index in [0.717, 1.165) is 0 Å². The first kappa shape index (κ1) is 96.7. The predicted molar refractivity (Wildman–Crippen MR) is 378 cm³/mol. The van der Waals surface area contributed by atoms with Gasteiger partial charge in [-0.2, -0.15) is 0 Å². The van der Waals surface area contributed by atoms with Gasteiger partial charge < -0.3 is 149 Å². The molecule has 4 atom stereocenters. The molecule has 0 radical (unpaired) electrons. The third-order valence-electron chi connectivity index (χ3n) is 13.7. The molecular formula is C66H122N10O28. The van der Waals surface area contributed by atoms with Gasteiger partial charge in [-0.25, -0.2) is 19.9 Å². The van der Waals surface area contributed by atoms with Crippen LogP contribution in [0.15, 0.2) is 0 Å². The molecule has 0 saturated carbocycles. The number of anilines is 4. The molecular weight excluding hydrogens is 1380 g/mol. The highest BCUT2D eigenvalue weighted by atomic mass is 16.6. The normalized spacial score (nSPS) is 12.5. The molecule has 0 spiro atoms. The van der Waals surface area contributed by atoms with Gasteiger partial charge in [0.25, 0.3) is 11.8 Å². The van der Waals surface area contributed by atoms with E-state index in [9.17, 15) is 60.0 Å². The molecule has 2 aromatic heterocycles. The van der Waals surface area contributed by atoms with Crippen LogP contribution >= 0.6 is 0 Å². The summed E-state index contributed by atoms with van der Waals surface area (Å²) in [6, 6.07) is 0. The zero-order chi connectivity index (χ0) is 76.1. The lowest BCUT2D eigenvalue weighted by Crippen LogP contribution is -2.35. The summed E-state index contributed by atoms with van der Waals surface area (Å²) in [4.78, 5) is 70.7. The van der Waals surface area contributed by atoms with E-state index >= 15 is 0 Å². The molecule has 0 fully saturated rings. The van der Waals surface area contributed by atoms with Crippen molar-refractivity contribution in [1.29, 1.82) is 0 Å². The van der Waals surface area contributed by atoms with Crippen molar-refractivity contribution >= 4 is 46.7 Å². The minimum Gasteiger partial charge on any atom is -0.394 e. The fourth-order valence-corrected chi connectivity index (χ4v) is 8.06. The second-order valence-corrected chi connectivity index (χ2v) is 22.4. The maximum atomic E-state index is 13.3. The van der Waals surface area contributed by atoms with Crippen LogP contribution in [-0.4, -0.2) is 388 Å². The van der Waals surface area contributed by atoms with E-state index in [-0.39, 0.29) is 84.8 Å². The molecule has 0 saturated heterocycles. The number of Topliss-reactive ketones (excluding diaryl/α,β-unsaturated/α-hetero) is 2. The predicted octanol–water partition coefficient (Wildman–Crippen LogP) is -2.26. The number of carbonyl (C=O) groups excluding carboxylic acids is 4. The van der Waals surface area contributed by atoms with Gasteiger partial charge in [0.05, 0.1) is 209 Å². The Labute approximate surface area is 610 Å². The monoisotopic (exact) mass is 1500 g/mol. The van der Waals surface area contributed by atoms with Crippen molar-refractivity contribution in [3.8, 4) is 0 Å². The van der Waals surface area contributed by atoms with Gasteiger partial charge in [-0.15, -0.1) is 0 Å². The largest absolute Gasteiger partial charge is 0.394 e. The number of ether oxygens (including phenoxy) is 16. The maximum Gasteiger partial charge on any atom is 0.273 e. The molecule has 2 rings (SSSR count). The molecule has 0 aliphatic heterocycles. The van der Waals surface area contributed by atoms with Crippen LogP contribution in [0.25, 0.3) is 0 Å². The second-order valence-electron chi connectivity index (χ2n) is 22.4. The second kappa shape index (κ2) is 69.4. The third kappa shape index (κ3) is 51.8. The number of amides is 2. The molecule has 14 N–H and O–H groups in total. The lowest BCUT2D eigenvalue weighted by Gasteiger charge is -2.17. The number of aromatic nitrogens is 4. The number of ketones is 2. The van der Waals surface area contributed by atoms with Crippen molar-refractivity contribution in [1.82, 2.24) is 30.6 Å². The number of hydrogen-bond acceptors (Lipinski definition) is 36. The Morgan fingerprint density at radius 1 is 0.298 bits per heavy atom. The smallest absolute Gasteiger partial charge is 0.273 e. The summed E-state index contributed by atoms with van der Waals surface area (Å²) in [5.74, 6) is -2.15. The average Bonchev–Trinajstić information content (AvgIpc) is 0.813. The van der Waals surface area contributed by atoms with Crippen molar-refractivity contribution in [2.45, 2.75) is 75.8 Å². The molecule has 0 aliphatic carbocycles. The molecule has 0 aromatic carbocycles. The van der Waals surface area contributed by atoms with Gasteiger partial charge in [0.15, 0.2) is 57.6 Å². The number of rotatable bonds is 74. The van der Waals surface area contributed by atoms with Crippen LogP contribution in [0.2, 0.25) is 0 Å². The number of nitrogens with zero attached hydrogens (tertiary/aromatic N) is 4. The number of aliphatic hydroxyl groups excluding tert-OH is 8. The molecule has 104 heavy (non-hydrogen) atoms. The van der Waals surface area contributed by atoms with Crippen molar-refractivity contribution in [3.05, 3.63) is 22.8 Å². The van der Waals surface area contributed by atoms with Crippen molar-refractivity contribution in [3.63, 3.8) is 0 Å². The summed E-state index contributed by atoms with van der Waals surface area (Å²) in [5, 5.41) is 93.2. The molecule has 2 heterocycles. The van der Waals surface area contributed by atoms with Crippen LogP contribution in [0.4, 0.5) is 23.3 Å². The number of aliphatic hydroxyl groups is 8. The summed E-state index contributed by atoms with van der Waals surface area (Å²) in [5.41, 5.74) is -0.384. The van der Waals surface area contributed by atoms with Crippen LogP contribution in [0, 0.1) is 0 Å². The van der Waals surface area contributed by atoms with Gasteiger partial charge in [0, 0.05) is 107 Å². The molecule has 2 amide bonds. The van der Waals surface area contributed by atoms with Gasteiger partial charge in [0.2, 0.25) is 0 Å². The molecule has 604 valence electrons. The SMILES string of the molecule is COCCOCCOCCOCCCNc1nc(C(=O)NCC(O)CO)c(NCCCOCCOCCOCCOC)nc1C(=O)CCC(O)CO.COCCOCCOCCOCCCNc1nc(C(=O)NCC(O)CO)c(NCCCOCCOCCOCCOC)nc1C(=O)CCC(O)CO. The molecule has 38 nitrogen and oxygen atoms in total. The molecule has 0 aliphatic rings. The number of carbonyl (C=O) groups is 4. The summed E-state index contributed by atoms with van der Waals surface area (Å²) in [6.07, 6.45) is -2.72. The molecule has 38 heteroatoms. The van der Waals surface area contributed by atoms with Crippen LogP contribution in [0.3, 0.4) is 0 Å². The van der Waals surface area contributed by atoms with E-state index in [1.807, 2.05) is 0 Å². The quantitative estimate of drug-likeness (QED) is 0.0246. The van der Waals surface area contributed by atoms with Gasteiger partial charge in [-0.1, -0.05) is 0 Å². The van der Waals surface area contributed by atoms with Gasteiger partial charge in [0.1, 0.15) is 0 Å². The first-order valence-corrected chi connectivity index (χ1v) is 35.2. The Morgan fingerprint density at radius 3 is 0.721 bits per heavy atom. The maximum absolute atomic E-state index is 13.3. The van der Waals surface area contributed by atoms with Crippen LogP contribution in [-0.2, 0) is 75.8 Å². The van der Waals surface area contributed by atoms with Crippen LogP contribution in [0.5, 0.6) is 0 Å². The van der Waals surface area contributed by atoms with Crippen molar-refractivity contribution < 1.29 is 136 Å². The minimum absolute atomic E-state index is 0.00239. The first-order chi connectivity index (χ1) is 50.7. The molecule has 2 aromatic rings. The van der Waals surface area contributed by atoms with Gasteiger partial charge in [-0.05, 0) is 38.5 Å². The zero-order valence-corrected chi connectivity index (χ0v) is 61.4. The summed E-state index contributed by atoms with van der Waals surface area (Å²) in [7, 11) is 6.43. The summed E-state index contributed by atoms with van der Waals surface area (Å²) >= 11 is 0. The van der Waals surface area contributed by atoms with Crippen LogP contribution < -0.4 is 31.9 Å². The zero-order valence-electron chi connectivity index (χ0n) is 61.4. The highest BCUT2D eigenvalue weighted by molar-refractivity contribution is 6.03. The molecule has 4 unspecified atom stereocenters. The highest BCUT2D eigenvalue weighted by Gasteiger charge is 2.26. The fraction of sp³-hybridized carbons (Fsp3) is 0.818. The number of nitrogens with one attached hydrogen (secondary N) is 6. The van der Waals surface area contributed by atoms with E-state index < -0.39 is 74.2 Å². The van der Waals surface area contributed by atoms with Gasteiger partial charge >= 0.3 is 0 Å². The standard InChI is InChI=1S/2C33H61N5O14/c2*1-45-11-13-49-19-21-51-17-15-47-9-3-7-34-31-29(28(43)6-5-26(41)24-39)37-32(30(38-31)33(44)36-23-27(42)25-40)35-8-4-10-48-16-18-52-22-20-50-14-12-46-2/h2*26-27,39-42H,3-25H2,1-2H3,(H,34,38)(H,35,37)(H,36,44). The summed E-state index contributed by atoms with van der Waals surface area (Å²) in [6.45, 7) is 11.0. The van der Waals surface area contributed by atoms with Gasteiger partial charge in [-0.3, -0.25) is 19.2 Å². The first-order valence-electron chi connectivity index (χ1n) is 35.2. The van der Waals surface area contributed by atoms with E-state index in [4.69, 9.17) is 75.8 Å². The summed E-state index contributed by atoms with van der Waals surface area (Å²) < 4.78 is 85.2. The van der Waals surface area contributed by atoms with E-state index in [1.54, 1.807) is 28.4 Å². The Balaban J connectivity index is 0.00000104.